The molecule has 0 spiro atoms. The summed E-state index contributed by atoms with van der Waals surface area (Å²) in [4.78, 5) is 0.397. The predicted octanol–water partition coefficient (Wildman–Crippen LogP) is 1.83. The molecule has 1 heterocycles. The summed E-state index contributed by atoms with van der Waals surface area (Å²) in [7, 11) is -3.41. The van der Waals surface area contributed by atoms with Gasteiger partial charge in [0.05, 0.1) is 4.90 Å². The second-order valence-electron chi connectivity index (χ2n) is 5.85. The molecule has 1 fully saturated rings. The van der Waals surface area contributed by atoms with Crippen molar-refractivity contribution in [1.29, 1.82) is 0 Å². The lowest BCUT2D eigenvalue weighted by Gasteiger charge is -2.29. The molecule has 4 nitrogen and oxygen atoms in total. The number of aryl methyl sites for hydroxylation is 2. The molecule has 1 aromatic rings. The summed E-state index contributed by atoms with van der Waals surface area (Å²) >= 11 is 0. The summed E-state index contributed by atoms with van der Waals surface area (Å²) in [6.07, 6.45) is 1.11. The Balaban J connectivity index is 2.09. The first kappa shape index (κ1) is 15.5. The molecule has 0 amide bonds. The molecule has 1 aromatic carbocycles. The van der Waals surface area contributed by atoms with E-state index < -0.39 is 10.0 Å². The molecule has 1 saturated heterocycles. The molecule has 20 heavy (non-hydrogen) atoms. The second-order valence-corrected chi connectivity index (χ2v) is 7.59. The fraction of sp³-hybridized carbons (Fsp3) is 0.600. The van der Waals surface area contributed by atoms with Gasteiger partial charge in [-0.2, -0.15) is 0 Å². The largest absolute Gasteiger partial charge is 0.316 e. The van der Waals surface area contributed by atoms with Gasteiger partial charge in [0.1, 0.15) is 0 Å². The van der Waals surface area contributed by atoms with E-state index in [4.69, 9.17) is 0 Å². The second kappa shape index (κ2) is 6.24. The zero-order valence-corrected chi connectivity index (χ0v) is 13.3. The third kappa shape index (κ3) is 3.59. The zero-order chi connectivity index (χ0) is 14.8. The fourth-order valence-electron chi connectivity index (χ4n) is 2.62. The lowest BCUT2D eigenvalue weighted by molar-refractivity contribution is 0.275. The number of sulfonamides is 1. The van der Waals surface area contributed by atoms with Gasteiger partial charge in [0.25, 0.3) is 0 Å². The maximum Gasteiger partial charge on any atom is 0.240 e. The summed E-state index contributed by atoms with van der Waals surface area (Å²) in [5.74, 6) is 0.918. The molecular weight excluding hydrogens is 272 g/mol. The Labute approximate surface area is 122 Å². The minimum absolute atomic E-state index is 0.364. The van der Waals surface area contributed by atoms with Crippen molar-refractivity contribution in [2.24, 2.45) is 11.8 Å². The van der Waals surface area contributed by atoms with Crippen molar-refractivity contribution in [3.05, 3.63) is 29.3 Å². The van der Waals surface area contributed by atoms with Gasteiger partial charge in [0, 0.05) is 6.54 Å². The number of benzene rings is 1. The van der Waals surface area contributed by atoms with Crippen LogP contribution in [0.25, 0.3) is 0 Å². The molecule has 0 saturated carbocycles. The van der Waals surface area contributed by atoms with Crippen molar-refractivity contribution in [2.75, 3.05) is 19.6 Å². The Morgan fingerprint density at radius 1 is 1.35 bits per heavy atom. The molecule has 2 N–H and O–H groups in total. The van der Waals surface area contributed by atoms with Crippen LogP contribution >= 0.6 is 0 Å². The Kier molecular flexibility index (Phi) is 4.83. The first-order valence-corrected chi connectivity index (χ1v) is 8.66. The van der Waals surface area contributed by atoms with Crippen molar-refractivity contribution in [3.63, 3.8) is 0 Å². The molecule has 0 radical (unpaired) electrons. The van der Waals surface area contributed by atoms with Crippen LogP contribution in [-0.4, -0.2) is 28.1 Å². The van der Waals surface area contributed by atoms with Gasteiger partial charge in [0.15, 0.2) is 0 Å². The van der Waals surface area contributed by atoms with Crippen LogP contribution < -0.4 is 10.0 Å². The van der Waals surface area contributed by atoms with E-state index >= 15 is 0 Å². The highest BCUT2D eigenvalue weighted by Gasteiger charge is 2.24. The van der Waals surface area contributed by atoms with E-state index in [1.807, 2.05) is 26.0 Å². The predicted molar refractivity (Wildman–Crippen MR) is 81.2 cm³/mol. The molecule has 0 aliphatic carbocycles. The van der Waals surface area contributed by atoms with Crippen molar-refractivity contribution >= 4 is 10.0 Å². The molecule has 112 valence electrons. The first-order chi connectivity index (χ1) is 9.40. The topological polar surface area (TPSA) is 58.2 Å². The summed E-state index contributed by atoms with van der Waals surface area (Å²) < 4.78 is 27.6. The lowest BCUT2D eigenvalue weighted by atomic mass is 9.88. The van der Waals surface area contributed by atoms with E-state index in [1.165, 1.54) is 0 Å². The Morgan fingerprint density at radius 3 is 2.80 bits per heavy atom. The van der Waals surface area contributed by atoms with Crippen molar-refractivity contribution in [1.82, 2.24) is 10.0 Å². The molecule has 1 aliphatic rings. The quantitative estimate of drug-likeness (QED) is 0.891. The zero-order valence-electron chi connectivity index (χ0n) is 12.4. The minimum atomic E-state index is -3.41. The highest BCUT2D eigenvalue weighted by atomic mass is 32.2. The molecule has 2 atom stereocenters. The summed E-state index contributed by atoms with van der Waals surface area (Å²) in [6, 6.07) is 5.52. The van der Waals surface area contributed by atoms with Crippen LogP contribution in [0.15, 0.2) is 23.1 Å². The average Bonchev–Trinajstić information content (AvgIpc) is 2.40. The minimum Gasteiger partial charge on any atom is -0.316 e. The fourth-order valence-corrected chi connectivity index (χ4v) is 4.04. The smallest absolute Gasteiger partial charge is 0.240 e. The first-order valence-electron chi connectivity index (χ1n) is 7.18. The Morgan fingerprint density at radius 2 is 2.10 bits per heavy atom. The van der Waals surface area contributed by atoms with Crippen molar-refractivity contribution in [3.8, 4) is 0 Å². The monoisotopic (exact) mass is 296 g/mol. The van der Waals surface area contributed by atoms with Gasteiger partial charge in [-0.25, -0.2) is 13.1 Å². The van der Waals surface area contributed by atoms with E-state index in [2.05, 4.69) is 17.0 Å². The average molecular weight is 296 g/mol. The van der Waals surface area contributed by atoms with Crippen LogP contribution in [0.4, 0.5) is 0 Å². The lowest BCUT2D eigenvalue weighted by Crippen LogP contribution is -2.42. The number of piperidine rings is 1. The van der Waals surface area contributed by atoms with Crippen LogP contribution in [0.5, 0.6) is 0 Å². The molecule has 1 aliphatic heterocycles. The van der Waals surface area contributed by atoms with E-state index in [1.54, 1.807) is 6.07 Å². The van der Waals surface area contributed by atoms with Crippen LogP contribution in [-0.2, 0) is 10.0 Å². The molecule has 5 heteroatoms. The highest BCUT2D eigenvalue weighted by molar-refractivity contribution is 7.89. The Bertz CT molecular complexity index is 569. The Hall–Kier alpha value is -0.910. The van der Waals surface area contributed by atoms with Crippen LogP contribution in [0.1, 0.15) is 24.5 Å². The van der Waals surface area contributed by atoms with Gasteiger partial charge >= 0.3 is 0 Å². The standard InChI is InChI=1S/C15H24N2O2S/c1-11-4-5-13(3)15(8-11)20(18,19)17-10-14-9-16-7-6-12(14)2/h4-5,8,12,14,16-17H,6-7,9-10H2,1-3H3. The van der Waals surface area contributed by atoms with Gasteiger partial charge in [0.2, 0.25) is 10.0 Å². The van der Waals surface area contributed by atoms with Gasteiger partial charge in [-0.1, -0.05) is 19.1 Å². The molecule has 2 unspecified atom stereocenters. The molecule has 2 rings (SSSR count). The van der Waals surface area contributed by atoms with E-state index in [-0.39, 0.29) is 0 Å². The molecule has 0 aromatic heterocycles. The van der Waals surface area contributed by atoms with E-state index in [9.17, 15) is 8.42 Å². The van der Waals surface area contributed by atoms with Crippen LogP contribution in [0, 0.1) is 25.7 Å². The maximum atomic E-state index is 12.4. The van der Waals surface area contributed by atoms with Gasteiger partial charge in [-0.05, 0) is 62.4 Å². The number of hydrogen-bond donors (Lipinski definition) is 2. The van der Waals surface area contributed by atoms with Gasteiger partial charge in [-0.15, -0.1) is 0 Å². The van der Waals surface area contributed by atoms with Crippen LogP contribution in [0.2, 0.25) is 0 Å². The third-order valence-corrected chi connectivity index (χ3v) is 5.72. The van der Waals surface area contributed by atoms with Crippen molar-refractivity contribution < 1.29 is 8.42 Å². The molecular formula is C15H24N2O2S. The SMILES string of the molecule is Cc1ccc(C)c(S(=O)(=O)NCC2CNCCC2C)c1. The maximum absolute atomic E-state index is 12.4. The summed E-state index contributed by atoms with van der Waals surface area (Å²) in [6.45, 7) is 8.35. The normalized spacial score (nSPS) is 23.8. The number of hydrogen-bond acceptors (Lipinski definition) is 3. The van der Waals surface area contributed by atoms with E-state index in [0.717, 1.165) is 30.6 Å². The van der Waals surface area contributed by atoms with Crippen molar-refractivity contribution in [2.45, 2.75) is 32.1 Å². The van der Waals surface area contributed by atoms with Gasteiger partial charge < -0.3 is 5.32 Å². The summed E-state index contributed by atoms with van der Waals surface area (Å²) in [5.41, 5.74) is 1.75. The van der Waals surface area contributed by atoms with Crippen LogP contribution in [0.3, 0.4) is 0 Å². The molecule has 0 bridgehead atoms. The summed E-state index contributed by atoms with van der Waals surface area (Å²) in [5, 5.41) is 3.33. The van der Waals surface area contributed by atoms with Gasteiger partial charge in [-0.3, -0.25) is 0 Å². The number of rotatable bonds is 4. The third-order valence-electron chi connectivity index (χ3n) is 4.16. The highest BCUT2D eigenvalue weighted by Crippen LogP contribution is 2.20. The van der Waals surface area contributed by atoms with E-state index in [0.29, 0.717) is 23.3 Å². The number of nitrogens with one attached hydrogen (secondary N) is 2.